The molecule has 158 valence electrons. The van der Waals surface area contributed by atoms with Gasteiger partial charge in [0.25, 0.3) is 0 Å². The van der Waals surface area contributed by atoms with Crippen LogP contribution in [0, 0.1) is 0 Å². The Kier molecular flexibility index (Phi) is 6.99. The van der Waals surface area contributed by atoms with Crippen LogP contribution in [0.2, 0.25) is 0 Å². The Morgan fingerprint density at radius 2 is 1.77 bits per heavy atom. The second kappa shape index (κ2) is 9.66. The van der Waals surface area contributed by atoms with Gasteiger partial charge in [0, 0.05) is 11.6 Å². The van der Waals surface area contributed by atoms with Crippen LogP contribution in [0.15, 0.2) is 59.7 Å². The molecule has 0 saturated carbocycles. The second-order valence-electron chi connectivity index (χ2n) is 7.98. The molecule has 30 heavy (non-hydrogen) atoms. The summed E-state index contributed by atoms with van der Waals surface area (Å²) in [5, 5.41) is 0. The fourth-order valence-electron chi connectivity index (χ4n) is 3.44. The summed E-state index contributed by atoms with van der Waals surface area (Å²) in [5.41, 5.74) is 4.75. The minimum Gasteiger partial charge on any atom is -0.496 e. The Morgan fingerprint density at radius 3 is 2.40 bits per heavy atom. The molecule has 0 radical (unpaired) electrons. The minimum atomic E-state index is -0.325. The standard InChI is InChI=1S/C26H30O4/c1-17(2)11-12-20-23(29-14-13-18(3)4)16-24(28-5)25-21(27)15-22(30-26(20)25)19-9-7-6-8-10-19/h6-11,13,16,22H,12,14-15H2,1-5H3. The van der Waals surface area contributed by atoms with Crippen LogP contribution in [0.5, 0.6) is 17.2 Å². The number of ketones is 1. The third-order valence-electron chi connectivity index (χ3n) is 5.05. The van der Waals surface area contributed by atoms with Crippen LogP contribution >= 0.6 is 0 Å². The summed E-state index contributed by atoms with van der Waals surface area (Å²) >= 11 is 0. The van der Waals surface area contributed by atoms with Crippen molar-refractivity contribution in [3.63, 3.8) is 0 Å². The molecule has 0 fully saturated rings. The van der Waals surface area contributed by atoms with Crippen LogP contribution in [-0.2, 0) is 6.42 Å². The molecule has 3 rings (SSSR count). The van der Waals surface area contributed by atoms with Gasteiger partial charge in [-0.25, -0.2) is 0 Å². The van der Waals surface area contributed by atoms with Crippen molar-refractivity contribution in [3.05, 3.63) is 76.4 Å². The van der Waals surface area contributed by atoms with Crippen LogP contribution in [0.1, 0.15) is 61.7 Å². The maximum atomic E-state index is 13.1. The van der Waals surface area contributed by atoms with E-state index < -0.39 is 0 Å². The Hall–Kier alpha value is -3.01. The molecule has 0 aliphatic carbocycles. The minimum absolute atomic E-state index is 0.0243. The number of benzene rings is 2. The van der Waals surface area contributed by atoms with Gasteiger partial charge in [0.2, 0.25) is 0 Å². The normalized spacial score (nSPS) is 15.0. The average molecular weight is 407 g/mol. The zero-order valence-electron chi connectivity index (χ0n) is 18.5. The lowest BCUT2D eigenvalue weighted by molar-refractivity contribution is 0.0841. The summed E-state index contributed by atoms with van der Waals surface area (Å²) in [4.78, 5) is 13.1. The second-order valence-corrected chi connectivity index (χ2v) is 7.98. The summed E-state index contributed by atoms with van der Waals surface area (Å²) in [6.07, 6.45) is 4.72. The van der Waals surface area contributed by atoms with E-state index in [9.17, 15) is 4.79 Å². The zero-order chi connectivity index (χ0) is 21.7. The average Bonchev–Trinajstić information content (AvgIpc) is 2.72. The number of Topliss-reactive ketones (excluding diaryl/α,β-unsaturated/α-hetero) is 1. The van der Waals surface area contributed by atoms with Gasteiger partial charge in [0.05, 0.1) is 13.5 Å². The predicted molar refractivity (Wildman–Crippen MR) is 120 cm³/mol. The smallest absolute Gasteiger partial charge is 0.174 e. The highest BCUT2D eigenvalue weighted by Gasteiger charge is 2.34. The lowest BCUT2D eigenvalue weighted by Crippen LogP contribution is -2.22. The highest BCUT2D eigenvalue weighted by molar-refractivity contribution is 6.03. The van der Waals surface area contributed by atoms with E-state index in [0.29, 0.717) is 35.8 Å². The van der Waals surface area contributed by atoms with E-state index in [4.69, 9.17) is 14.2 Å². The van der Waals surface area contributed by atoms with E-state index in [1.54, 1.807) is 7.11 Å². The van der Waals surface area contributed by atoms with E-state index >= 15 is 0 Å². The van der Waals surface area contributed by atoms with Crippen molar-refractivity contribution < 1.29 is 19.0 Å². The first-order chi connectivity index (χ1) is 14.4. The molecular formula is C26H30O4. The van der Waals surface area contributed by atoms with Crippen LogP contribution < -0.4 is 14.2 Å². The molecule has 0 amide bonds. The van der Waals surface area contributed by atoms with Crippen molar-refractivity contribution >= 4 is 5.78 Å². The van der Waals surface area contributed by atoms with Gasteiger partial charge in [-0.2, -0.15) is 0 Å². The highest BCUT2D eigenvalue weighted by atomic mass is 16.5. The van der Waals surface area contributed by atoms with Crippen molar-refractivity contribution in [2.75, 3.05) is 13.7 Å². The maximum absolute atomic E-state index is 13.1. The molecule has 0 spiro atoms. The van der Waals surface area contributed by atoms with Crippen LogP contribution in [0.25, 0.3) is 0 Å². The topological polar surface area (TPSA) is 44.8 Å². The zero-order valence-corrected chi connectivity index (χ0v) is 18.5. The van der Waals surface area contributed by atoms with E-state index in [0.717, 1.165) is 11.1 Å². The molecule has 4 nitrogen and oxygen atoms in total. The van der Waals surface area contributed by atoms with Crippen molar-refractivity contribution in [2.45, 2.75) is 46.6 Å². The fraction of sp³-hybridized carbons (Fsp3) is 0.346. The number of ether oxygens (including phenoxy) is 3. The molecule has 2 aromatic carbocycles. The Bertz CT molecular complexity index is 962. The first kappa shape index (κ1) is 21.7. The van der Waals surface area contributed by atoms with Crippen LogP contribution in [0.3, 0.4) is 0 Å². The van der Waals surface area contributed by atoms with E-state index in [1.165, 1.54) is 11.1 Å². The quantitative estimate of drug-likeness (QED) is 0.509. The lowest BCUT2D eigenvalue weighted by Gasteiger charge is -2.29. The number of methoxy groups -OCH3 is 1. The molecule has 4 heteroatoms. The number of carbonyl (C=O) groups excluding carboxylic acids is 1. The SMILES string of the molecule is COc1cc(OCC=C(C)C)c(CC=C(C)C)c2c1C(=O)CC(c1ccccc1)O2. The van der Waals surface area contributed by atoms with Crippen molar-refractivity contribution in [3.8, 4) is 17.2 Å². The third-order valence-corrected chi connectivity index (χ3v) is 5.05. The van der Waals surface area contributed by atoms with E-state index in [1.807, 2.05) is 56.3 Å². The molecule has 1 heterocycles. The number of rotatable bonds is 7. The number of carbonyl (C=O) groups is 1. The third kappa shape index (κ3) is 4.93. The molecule has 0 aromatic heterocycles. The molecular weight excluding hydrogens is 376 g/mol. The van der Waals surface area contributed by atoms with Crippen molar-refractivity contribution in [2.24, 2.45) is 0 Å². The van der Waals surface area contributed by atoms with Gasteiger partial charge in [-0.3, -0.25) is 4.79 Å². The molecule has 2 aromatic rings. The van der Waals surface area contributed by atoms with Gasteiger partial charge in [0.15, 0.2) is 5.78 Å². The summed E-state index contributed by atoms with van der Waals surface area (Å²) in [6.45, 7) is 8.62. The fourth-order valence-corrected chi connectivity index (χ4v) is 3.44. The number of allylic oxidation sites excluding steroid dienone is 3. The Morgan fingerprint density at radius 1 is 1.07 bits per heavy atom. The predicted octanol–water partition coefficient (Wildman–Crippen LogP) is 6.26. The number of hydrogen-bond acceptors (Lipinski definition) is 4. The largest absolute Gasteiger partial charge is 0.496 e. The van der Waals surface area contributed by atoms with Gasteiger partial charge in [-0.1, -0.05) is 47.6 Å². The van der Waals surface area contributed by atoms with Gasteiger partial charge >= 0.3 is 0 Å². The summed E-state index contributed by atoms with van der Waals surface area (Å²) in [7, 11) is 1.57. The van der Waals surface area contributed by atoms with Crippen molar-refractivity contribution in [1.82, 2.24) is 0 Å². The summed E-state index contributed by atoms with van der Waals surface area (Å²) in [6, 6.07) is 11.7. The first-order valence-corrected chi connectivity index (χ1v) is 10.3. The monoisotopic (exact) mass is 406 g/mol. The van der Waals surface area contributed by atoms with Crippen LogP contribution in [0.4, 0.5) is 0 Å². The lowest BCUT2D eigenvalue weighted by atomic mass is 9.92. The molecule has 1 atom stereocenters. The van der Waals surface area contributed by atoms with Gasteiger partial charge in [0.1, 0.15) is 35.5 Å². The molecule has 1 unspecified atom stereocenters. The Balaban J connectivity index is 2.11. The summed E-state index contributed by atoms with van der Waals surface area (Å²) in [5.74, 6) is 1.78. The molecule has 0 N–H and O–H groups in total. The van der Waals surface area contributed by atoms with E-state index in [2.05, 4.69) is 19.9 Å². The Labute approximate surface area is 179 Å². The van der Waals surface area contributed by atoms with Crippen LogP contribution in [-0.4, -0.2) is 19.5 Å². The number of hydrogen-bond donors (Lipinski definition) is 0. The molecule has 1 aliphatic heterocycles. The van der Waals surface area contributed by atoms with Gasteiger partial charge in [-0.15, -0.1) is 0 Å². The van der Waals surface area contributed by atoms with Gasteiger partial charge in [-0.05, 0) is 45.8 Å². The maximum Gasteiger partial charge on any atom is 0.174 e. The highest BCUT2D eigenvalue weighted by Crippen LogP contribution is 2.46. The van der Waals surface area contributed by atoms with Crippen molar-refractivity contribution in [1.29, 1.82) is 0 Å². The molecule has 0 saturated heterocycles. The summed E-state index contributed by atoms with van der Waals surface area (Å²) < 4.78 is 18.1. The first-order valence-electron chi connectivity index (χ1n) is 10.3. The molecule has 0 bridgehead atoms. The molecule has 1 aliphatic rings. The van der Waals surface area contributed by atoms with E-state index in [-0.39, 0.29) is 18.3 Å². The number of fused-ring (bicyclic) bond motifs is 1. The van der Waals surface area contributed by atoms with Gasteiger partial charge < -0.3 is 14.2 Å².